The molecule has 88 valence electrons. The van der Waals surface area contributed by atoms with Crippen LogP contribution in [0.3, 0.4) is 0 Å². The first-order chi connectivity index (χ1) is 8.25. The van der Waals surface area contributed by atoms with Crippen molar-refractivity contribution in [3.63, 3.8) is 0 Å². The van der Waals surface area contributed by atoms with Gasteiger partial charge in [-0.1, -0.05) is 12.1 Å². The molecule has 0 saturated carbocycles. The van der Waals surface area contributed by atoms with Gasteiger partial charge in [0.25, 0.3) is 0 Å². The van der Waals surface area contributed by atoms with Crippen molar-refractivity contribution in [3.8, 4) is 5.75 Å². The SMILES string of the molecule is Oc1ccccc1NCCc1ncc(Br)cn1. The summed E-state index contributed by atoms with van der Waals surface area (Å²) in [6.45, 7) is 0.680. The first-order valence-corrected chi connectivity index (χ1v) is 6.03. The van der Waals surface area contributed by atoms with Crippen LogP contribution in [0.15, 0.2) is 41.1 Å². The van der Waals surface area contributed by atoms with E-state index >= 15 is 0 Å². The summed E-state index contributed by atoms with van der Waals surface area (Å²) in [6.07, 6.45) is 4.16. The Morgan fingerprint density at radius 3 is 2.59 bits per heavy atom. The van der Waals surface area contributed by atoms with E-state index in [0.29, 0.717) is 13.0 Å². The zero-order valence-corrected chi connectivity index (χ0v) is 10.7. The highest BCUT2D eigenvalue weighted by Gasteiger charge is 2.00. The van der Waals surface area contributed by atoms with Gasteiger partial charge in [-0.3, -0.25) is 0 Å². The van der Waals surface area contributed by atoms with Crippen molar-refractivity contribution < 1.29 is 5.11 Å². The summed E-state index contributed by atoms with van der Waals surface area (Å²) in [6, 6.07) is 7.15. The molecule has 4 nitrogen and oxygen atoms in total. The molecule has 0 aliphatic heterocycles. The average molecular weight is 294 g/mol. The first-order valence-electron chi connectivity index (χ1n) is 5.24. The van der Waals surface area contributed by atoms with Crippen LogP contribution in [0.2, 0.25) is 0 Å². The molecule has 0 bridgehead atoms. The lowest BCUT2D eigenvalue weighted by Gasteiger charge is -2.07. The number of anilines is 1. The fourth-order valence-corrected chi connectivity index (χ4v) is 1.60. The lowest BCUT2D eigenvalue weighted by atomic mass is 10.3. The third-order valence-electron chi connectivity index (χ3n) is 2.24. The second-order valence-electron chi connectivity index (χ2n) is 3.51. The maximum atomic E-state index is 9.54. The Morgan fingerprint density at radius 1 is 1.18 bits per heavy atom. The van der Waals surface area contributed by atoms with Gasteiger partial charge in [0, 0.05) is 25.4 Å². The van der Waals surface area contributed by atoms with Crippen molar-refractivity contribution >= 4 is 21.6 Å². The van der Waals surface area contributed by atoms with Gasteiger partial charge < -0.3 is 10.4 Å². The Morgan fingerprint density at radius 2 is 1.88 bits per heavy atom. The van der Waals surface area contributed by atoms with E-state index in [1.54, 1.807) is 24.5 Å². The van der Waals surface area contributed by atoms with Gasteiger partial charge in [-0.05, 0) is 28.1 Å². The molecule has 5 heteroatoms. The summed E-state index contributed by atoms with van der Waals surface area (Å²) >= 11 is 3.29. The number of aromatic hydroxyl groups is 1. The van der Waals surface area contributed by atoms with Gasteiger partial charge in [-0.2, -0.15) is 0 Å². The third-order valence-corrected chi connectivity index (χ3v) is 2.65. The van der Waals surface area contributed by atoms with Crippen LogP contribution in [0.5, 0.6) is 5.75 Å². The van der Waals surface area contributed by atoms with Gasteiger partial charge in [0.1, 0.15) is 11.6 Å². The minimum Gasteiger partial charge on any atom is -0.506 e. The molecule has 0 aliphatic rings. The van der Waals surface area contributed by atoms with Crippen LogP contribution in [0, 0.1) is 0 Å². The van der Waals surface area contributed by atoms with E-state index in [0.717, 1.165) is 16.0 Å². The third kappa shape index (κ3) is 3.42. The van der Waals surface area contributed by atoms with E-state index in [1.807, 2.05) is 12.1 Å². The van der Waals surface area contributed by atoms with Crippen LogP contribution in [0.1, 0.15) is 5.82 Å². The Bertz CT molecular complexity index is 487. The molecule has 0 saturated heterocycles. The van der Waals surface area contributed by atoms with Crippen LogP contribution >= 0.6 is 15.9 Å². The number of phenolic OH excluding ortho intramolecular Hbond substituents is 1. The van der Waals surface area contributed by atoms with Crippen molar-refractivity contribution in [1.29, 1.82) is 0 Å². The smallest absolute Gasteiger partial charge is 0.138 e. The lowest BCUT2D eigenvalue weighted by Crippen LogP contribution is -2.07. The first kappa shape index (κ1) is 11.9. The van der Waals surface area contributed by atoms with Gasteiger partial charge in [0.2, 0.25) is 0 Å². The number of rotatable bonds is 4. The summed E-state index contributed by atoms with van der Waals surface area (Å²) in [5.41, 5.74) is 0.726. The van der Waals surface area contributed by atoms with Crippen molar-refractivity contribution in [2.75, 3.05) is 11.9 Å². The fourth-order valence-electron chi connectivity index (χ4n) is 1.40. The molecule has 1 heterocycles. The largest absolute Gasteiger partial charge is 0.506 e. The molecule has 2 rings (SSSR count). The van der Waals surface area contributed by atoms with Gasteiger partial charge in [-0.25, -0.2) is 9.97 Å². The topological polar surface area (TPSA) is 58.0 Å². The zero-order chi connectivity index (χ0) is 12.1. The van der Waals surface area contributed by atoms with Crippen LogP contribution in [0.4, 0.5) is 5.69 Å². The summed E-state index contributed by atoms with van der Waals surface area (Å²) in [5.74, 6) is 1.03. The Labute approximate surface area is 108 Å². The van der Waals surface area contributed by atoms with E-state index < -0.39 is 0 Å². The highest BCUT2D eigenvalue weighted by Crippen LogP contribution is 2.21. The van der Waals surface area contributed by atoms with Gasteiger partial charge in [0.15, 0.2) is 0 Å². The summed E-state index contributed by atoms with van der Waals surface area (Å²) in [7, 11) is 0. The number of nitrogens with one attached hydrogen (secondary N) is 1. The van der Waals surface area contributed by atoms with Gasteiger partial charge in [0.05, 0.1) is 10.2 Å². The standard InChI is InChI=1S/C12H12BrN3O/c13-9-7-15-12(16-8-9)5-6-14-10-3-1-2-4-11(10)17/h1-4,7-8,14,17H,5-6H2. The maximum absolute atomic E-state index is 9.54. The minimum absolute atomic E-state index is 0.254. The number of nitrogens with zero attached hydrogens (tertiary/aromatic N) is 2. The summed E-state index contributed by atoms with van der Waals surface area (Å²) in [4.78, 5) is 8.34. The van der Waals surface area contributed by atoms with Crippen molar-refractivity contribution in [3.05, 3.63) is 47.0 Å². The number of para-hydroxylation sites is 2. The Hall–Kier alpha value is -1.62. The van der Waals surface area contributed by atoms with Gasteiger partial charge in [-0.15, -0.1) is 0 Å². The predicted molar refractivity (Wildman–Crippen MR) is 70.0 cm³/mol. The molecule has 0 fully saturated rings. The zero-order valence-electron chi connectivity index (χ0n) is 9.10. The highest BCUT2D eigenvalue weighted by atomic mass is 79.9. The molecule has 0 amide bonds. The van der Waals surface area contributed by atoms with E-state index in [1.165, 1.54) is 0 Å². The lowest BCUT2D eigenvalue weighted by molar-refractivity contribution is 0.477. The van der Waals surface area contributed by atoms with E-state index in [4.69, 9.17) is 0 Å². The van der Waals surface area contributed by atoms with Gasteiger partial charge >= 0.3 is 0 Å². The molecule has 0 unspecified atom stereocenters. The van der Waals surface area contributed by atoms with Crippen molar-refractivity contribution in [1.82, 2.24) is 9.97 Å². The summed E-state index contributed by atoms with van der Waals surface area (Å²) < 4.78 is 0.870. The number of aromatic nitrogens is 2. The van der Waals surface area contributed by atoms with Crippen molar-refractivity contribution in [2.24, 2.45) is 0 Å². The molecule has 2 N–H and O–H groups in total. The molecular formula is C12H12BrN3O. The van der Waals surface area contributed by atoms with Crippen LogP contribution in [-0.4, -0.2) is 21.6 Å². The number of hydrogen-bond donors (Lipinski definition) is 2. The van der Waals surface area contributed by atoms with Crippen molar-refractivity contribution in [2.45, 2.75) is 6.42 Å². The normalized spacial score (nSPS) is 10.2. The molecule has 1 aromatic carbocycles. The molecule has 0 radical (unpaired) electrons. The fraction of sp³-hybridized carbons (Fsp3) is 0.167. The van der Waals surface area contributed by atoms with E-state index in [9.17, 15) is 5.11 Å². The Balaban J connectivity index is 1.88. The Kier molecular flexibility index (Phi) is 3.93. The number of hydrogen-bond acceptors (Lipinski definition) is 4. The monoisotopic (exact) mass is 293 g/mol. The molecule has 0 spiro atoms. The maximum Gasteiger partial charge on any atom is 0.138 e. The second kappa shape index (κ2) is 5.63. The number of benzene rings is 1. The second-order valence-corrected chi connectivity index (χ2v) is 4.43. The van der Waals surface area contributed by atoms with E-state index in [-0.39, 0.29) is 5.75 Å². The molecule has 0 aliphatic carbocycles. The quantitative estimate of drug-likeness (QED) is 0.851. The number of halogens is 1. The summed E-state index contributed by atoms with van der Waals surface area (Å²) in [5, 5.41) is 12.7. The molecule has 2 aromatic rings. The van der Waals surface area contributed by atoms with Crippen LogP contribution in [-0.2, 0) is 6.42 Å². The number of phenols is 1. The van der Waals surface area contributed by atoms with Crippen LogP contribution < -0.4 is 5.32 Å². The average Bonchev–Trinajstić information content (AvgIpc) is 2.34. The molecule has 0 atom stereocenters. The highest BCUT2D eigenvalue weighted by molar-refractivity contribution is 9.10. The van der Waals surface area contributed by atoms with Crippen LogP contribution in [0.25, 0.3) is 0 Å². The minimum atomic E-state index is 0.254. The molecule has 1 aromatic heterocycles. The predicted octanol–water partition coefficient (Wildman–Crippen LogP) is 2.60. The molecular weight excluding hydrogens is 282 g/mol. The van der Waals surface area contributed by atoms with E-state index in [2.05, 4.69) is 31.2 Å². The molecule has 17 heavy (non-hydrogen) atoms.